The first kappa shape index (κ1) is 20.7. The molecule has 0 radical (unpaired) electrons. The summed E-state index contributed by atoms with van der Waals surface area (Å²) in [6.07, 6.45) is 7.38. The molecule has 1 N–H and O–H groups in total. The van der Waals surface area contributed by atoms with Gasteiger partial charge < -0.3 is 19.9 Å². The summed E-state index contributed by atoms with van der Waals surface area (Å²) < 4.78 is 5.83. The number of ether oxygens (including phenoxy) is 1. The van der Waals surface area contributed by atoms with Gasteiger partial charge in [-0.05, 0) is 31.9 Å². The molecule has 1 aromatic heterocycles. The van der Waals surface area contributed by atoms with Crippen LogP contribution < -0.4 is 15.0 Å². The SMILES string of the molecule is CC1CN(c2cc(Oc3ccccc3Cl)ncn2)CCN1C(=O)NC1CCCCC1. The van der Waals surface area contributed by atoms with Crippen molar-refractivity contribution in [2.45, 2.75) is 51.1 Å². The number of piperazine rings is 1. The second-order valence-corrected chi connectivity index (χ2v) is 8.43. The Morgan fingerprint density at radius 2 is 1.97 bits per heavy atom. The van der Waals surface area contributed by atoms with E-state index in [1.54, 1.807) is 12.1 Å². The molecule has 1 aliphatic heterocycles. The number of nitrogens with one attached hydrogen (secondary N) is 1. The van der Waals surface area contributed by atoms with Gasteiger partial charge in [0.15, 0.2) is 0 Å². The molecule has 30 heavy (non-hydrogen) atoms. The lowest BCUT2D eigenvalue weighted by Gasteiger charge is -2.41. The highest BCUT2D eigenvalue weighted by Gasteiger charge is 2.29. The standard InChI is InChI=1S/C22H28ClN5O2/c1-16-14-27(11-12-28(16)22(29)26-17-7-3-2-4-8-17)20-13-21(25-15-24-20)30-19-10-6-5-9-18(19)23/h5-6,9-10,13,15-17H,2-4,7-8,11-12,14H2,1H3,(H,26,29). The third-order valence-electron chi connectivity index (χ3n) is 5.82. The van der Waals surface area contributed by atoms with Gasteiger partial charge in [0.2, 0.25) is 5.88 Å². The number of carbonyl (C=O) groups excluding carboxylic acids is 1. The van der Waals surface area contributed by atoms with Gasteiger partial charge in [-0.1, -0.05) is 43.0 Å². The van der Waals surface area contributed by atoms with Gasteiger partial charge in [0.1, 0.15) is 17.9 Å². The van der Waals surface area contributed by atoms with Gasteiger partial charge in [-0.2, -0.15) is 0 Å². The fourth-order valence-electron chi connectivity index (χ4n) is 4.17. The van der Waals surface area contributed by atoms with E-state index in [2.05, 4.69) is 27.1 Å². The van der Waals surface area contributed by atoms with Crippen molar-refractivity contribution in [3.8, 4) is 11.6 Å². The van der Waals surface area contributed by atoms with E-state index in [1.165, 1.54) is 25.6 Å². The molecule has 4 rings (SSSR count). The Morgan fingerprint density at radius 3 is 2.73 bits per heavy atom. The van der Waals surface area contributed by atoms with Crippen LogP contribution in [-0.4, -0.2) is 52.6 Å². The Morgan fingerprint density at radius 1 is 1.17 bits per heavy atom. The van der Waals surface area contributed by atoms with Crippen LogP contribution in [-0.2, 0) is 0 Å². The van der Waals surface area contributed by atoms with Gasteiger partial charge in [-0.15, -0.1) is 0 Å². The van der Waals surface area contributed by atoms with Crippen molar-refractivity contribution in [2.24, 2.45) is 0 Å². The van der Waals surface area contributed by atoms with Crippen LogP contribution in [0.1, 0.15) is 39.0 Å². The highest BCUT2D eigenvalue weighted by molar-refractivity contribution is 6.32. The summed E-state index contributed by atoms with van der Waals surface area (Å²) in [5.41, 5.74) is 0. The van der Waals surface area contributed by atoms with Crippen molar-refractivity contribution in [1.29, 1.82) is 0 Å². The Hall–Kier alpha value is -2.54. The zero-order chi connectivity index (χ0) is 20.9. The number of benzene rings is 1. The Labute approximate surface area is 182 Å². The predicted octanol–water partition coefficient (Wildman–Crippen LogP) is 4.48. The third-order valence-corrected chi connectivity index (χ3v) is 6.14. The normalized spacial score (nSPS) is 20.1. The first-order valence-corrected chi connectivity index (χ1v) is 11.0. The van der Waals surface area contributed by atoms with Crippen LogP contribution in [0.5, 0.6) is 11.6 Å². The molecule has 2 amide bonds. The number of carbonyl (C=O) groups is 1. The van der Waals surface area contributed by atoms with E-state index in [4.69, 9.17) is 16.3 Å². The van der Waals surface area contributed by atoms with Crippen molar-refractivity contribution in [3.05, 3.63) is 41.7 Å². The van der Waals surface area contributed by atoms with Crippen molar-refractivity contribution < 1.29 is 9.53 Å². The molecule has 1 aromatic carbocycles. The summed E-state index contributed by atoms with van der Waals surface area (Å²) in [6, 6.07) is 9.57. The van der Waals surface area contributed by atoms with Crippen LogP contribution in [0.3, 0.4) is 0 Å². The van der Waals surface area contributed by atoms with E-state index in [0.717, 1.165) is 18.7 Å². The molecule has 2 aromatic rings. The van der Waals surface area contributed by atoms with Gasteiger partial charge in [0.25, 0.3) is 0 Å². The highest BCUT2D eigenvalue weighted by Crippen LogP contribution is 2.29. The average molecular weight is 430 g/mol. The maximum atomic E-state index is 12.7. The smallest absolute Gasteiger partial charge is 0.317 e. The maximum Gasteiger partial charge on any atom is 0.317 e. The lowest BCUT2D eigenvalue weighted by Crippen LogP contribution is -2.58. The molecular formula is C22H28ClN5O2. The molecular weight excluding hydrogens is 402 g/mol. The average Bonchev–Trinajstić information content (AvgIpc) is 2.76. The lowest BCUT2D eigenvalue weighted by molar-refractivity contribution is 0.165. The second kappa shape index (κ2) is 9.51. The van der Waals surface area contributed by atoms with Gasteiger partial charge in [0.05, 0.1) is 5.02 Å². The van der Waals surface area contributed by atoms with E-state index in [1.807, 2.05) is 23.1 Å². The fraction of sp³-hybridized carbons (Fsp3) is 0.500. The van der Waals surface area contributed by atoms with Crippen molar-refractivity contribution in [2.75, 3.05) is 24.5 Å². The number of urea groups is 1. The summed E-state index contributed by atoms with van der Waals surface area (Å²) in [6.45, 7) is 4.16. The largest absolute Gasteiger partial charge is 0.437 e. The quantitative estimate of drug-likeness (QED) is 0.776. The number of hydrogen-bond donors (Lipinski definition) is 1. The summed E-state index contributed by atoms with van der Waals surface area (Å²) in [5, 5.41) is 3.76. The molecule has 1 saturated carbocycles. The Bertz CT molecular complexity index is 874. The van der Waals surface area contributed by atoms with Crippen molar-refractivity contribution in [3.63, 3.8) is 0 Å². The molecule has 1 saturated heterocycles. The Balaban J connectivity index is 1.37. The van der Waals surface area contributed by atoms with Crippen molar-refractivity contribution in [1.82, 2.24) is 20.2 Å². The van der Waals surface area contributed by atoms with E-state index in [9.17, 15) is 4.79 Å². The highest BCUT2D eigenvalue weighted by atomic mass is 35.5. The molecule has 1 unspecified atom stereocenters. The van der Waals surface area contributed by atoms with Crippen molar-refractivity contribution >= 4 is 23.4 Å². The second-order valence-electron chi connectivity index (χ2n) is 8.02. The van der Waals surface area contributed by atoms with E-state index in [0.29, 0.717) is 42.3 Å². The van der Waals surface area contributed by atoms with Gasteiger partial charge in [0, 0.05) is 37.8 Å². The number of halogens is 1. The summed E-state index contributed by atoms with van der Waals surface area (Å²) in [4.78, 5) is 25.5. The van der Waals surface area contributed by atoms with Crippen LogP contribution in [0, 0.1) is 0 Å². The number of amides is 2. The van der Waals surface area contributed by atoms with Gasteiger partial charge in [-0.25, -0.2) is 14.8 Å². The molecule has 1 atom stereocenters. The van der Waals surface area contributed by atoms with Gasteiger partial charge in [-0.3, -0.25) is 0 Å². The zero-order valence-corrected chi connectivity index (χ0v) is 18.0. The van der Waals surface area contributed by atoms with Crippen LogP contribution >= 0.6 is 11.6 Å². The minimum atomic E-state index is 0.0551. The molecule has 2 aliphatic rings. The number of nitrogens with zero attached hydrogens (tertiary/aromatic N) is 4. The maximum absolute atomic E-state index is 12.7. The summed E-state index contributed by atoms with van der Waals surface area (Å²) in [7, 11) is 0. The third kappa shape index (κ3) is 4.95. The molecule has 7 nitrogen and oxygen atoms in total. The van der Waals surface area contributed by atoms with Gasteiger partial charge >= 0.3 is 6.03 Å². The number of aromatic nitrogens is 2. The fourth-order valence-corrected chi connectivity index (χ4v) is 4.34. The topological polar surface area (TPSA) is 70.6 Å². The molecule has 0 bridgehead atoms. The minimum Gasteiger partial charge on any atom is -0.437 e. The first-order valence-electron chi connectivity index (χ1n) is 10.7. The minimum absolute atomic E-state index is 0.0551. The molecule has 160 valence electrons. The van der Waals surface area contributed by atoms with Crippen LogP contribution in [0.2, 0.25) is 5.02 Å². The molecule has 0 spiro atoms. The summed E-state index contributed by atoms with van der Waals surface area (Å²) in [5.74, 6) is 1.78. The number of hydrogen-bond acceptors (Lipinski definition) is 5. The monoisotopic (exact) mass is 429 g/mol. The van der Waals surface area contributed by atoms with Crippen LogP contribution in [0.25, 0.3) is 0 Å². The summed E-state index contributed by atoms with van der Waals surface area (Å²) >= 11 is 6.18. The van der Waals surface area contributed by atoms with E-state index in [-0.39, 0.29) is 12.1 Å². The van der Waals surface area contributed by atoms with Crippen LogP contribution in [0.4, 0.5) is 10.6 Å². The predicted molar refractivity (Wildman–Crippen MR) is 117 cm³/mol. The number of para-hydroxylation sites is 1. The van der Waals surface area contributed by atoms with Crippen LogP contribution in [0.15, 0.2) is 36.7 Å². The molecule has 2 heterocycles. The molecule has 8 heteroatoms. The number of anilines is 1. The molecule has 2 fully saturated rings. The zero-order valence-electron chi connectivity index (χ0n) is 17.3. The van der Waals surface area contributed by atoms with E-state index >= 15 is 0 Å². The Kier molecular flexibility index (Phi) is 6.57. The molecule has 1 aliphatic carbocycles. The lowest BCUT2D eigenvalue weighted by atomic mass is 9.96. The number of rotatable bonds is 4. The van der Waals surface area contributed by atoms with E-state index < -0.39 is 0 Å². The first-order chi connectivity index (χ1) is 14.6.